The highest BCUT2D eigenvalue weighted by atomic mass is 16.5. The lowest BCUT2D eigenvalue weighted by Crippen LogP contribution is -2.45. The van der Waals surface area contributed by atoms with Gasteiger partial charge in [-0.25, -0.2) is 14.3 Å². The van der Waals surface area contributed by atoms with E-state index in [1.165, 1.54) is 41.6 Å². The summed E-state index contributed by atoms with van der Waals surface area (Å²) in [5.41, 5.74) is -0.714. The molecule has 1 unspecified atom stereocenters. The third-order valence-corrected chi connectivity index (χ3v) is 4.07. The van der Waals surface area contributed by atoms with E-state index in [-0.39, 0.29) is 17.7 Å². The monoisotopic (exact) mass is 351 g/mol. The fourth-order valence-corrected chi connectivity index (χ4v) is 2.58. The number of esters is 1. The van der Waals surface area contributed by atoms with Crippen LogP contribution in [0.2, 0.25) is 0 Å². The molecule has 136 valence electrons. The first-order valence-electron chi connectivity index (χ1n) is 7.61. The van der Waals surface area contributed by atoms with E-state index in [0.29, 0.717) is 0 Å². The minimum atomic E-state index is -0.626. The Labute approximate surface area is 143 Å². The zero-order valence-electron chi connectivity index (χ0n) is 14.8. The number of amides is 1. The van der Waals surface area contributed by atoms with Crippen molar-refractivity contribution in [3.63, 3.8) is 0 Å². The normalized spacial score (nSPS) is 12.2. The number of methoxy groups -OCH3 is 1. The van der Waals surface area contributed by atoms with E-state index in [2.05, 4.69) is 9.72 Å². The fourth-order valence-electron chi connectivity index (χ4n) is 2.58. The number of hydrogen-bond acceptors (Lipinski definition) is 6. The summed E-state index contributed by atoms with van der Waals surface area (Å²) < 4.78 is 8.21. The summed E-state index contributed by atoms with van der Waals surface area (Å²) in [4.78, 5) is 54.1. The summed E-state index contributed by atoms with van der Waals surface area (Å²) in [6.45, 7) is 1.33. The van der Waals surface area contributed by atoms with Gasteiger partial charge in [-0.05, 0) is 0 Å². The van der Waals surface area contributed by atoms with E-state index in [1.807, 2.05) is 0 Å². The number of imidazole rings is 1. The van der Waals surface area contributed by atoms with Crippen molar-refractivity contribution in [1.29, 1.82) is 0 Å². The summed E-state index contributed by atoms with van der Waals surface area (Å²) in [5.74, 6) is -1.42. The van der Waals surface area contributed by atoms with Gasteiger partial charge >= 0.3 is 11.7 Å². The molecule has 0 radical (unpaired) electrons. The number of aromatic nitrogens is 4. The maximum atomic E-state index is 12.6. The summed E-state index contributed by atoms with van der Waals surface area (Å²) in [6, 6.07) is 0. The molecule has 2 aromatic heterocycles. The van der Waals surface area contributed by atoms with Crippen LogP contribution in [0.3, 0.4) is 0 Å². The molecule has 0 fully saturated rings. The van der Waals surface area contributed by atoms with Crippen LogP contribution in [0.25, 0.3) is 11.2 Å². The molecule has 0 saturated heterocycles. The van der Waals surface area contributed by atoms with Gasteiger partial charge in [0.1, 0.15) is 6.54 Å². The van der Waals surface area contributed by atoms with Crippen LogP contribution in [-0.2, 0) is 35.0 Å². The molecular formula is C15H21N5O5. The van der Waals surface area contributed by atoms with Gasteiger partial charge in [-0.3, -0.25) is 19.0 Å². The topological polar surface area (TPSA) is 108 Å². The van der Waals surface area contributed by atoms with Crippen molar-refractivity contribution in [2.24, 2.45) is 20.0 Å². The molecule has 25 heavy (non-hydrogen) atoms. The Morgan fingerprint density at radius 2 is 1.96 bits per heavy atom. The van der Waals surface area contributed by atoms with Gasteiger partial charge < -0.3 is 14.2 Å². The highest BCUT2D eigenvalue weighted by Gasteiger charge is 2.21. The van der Waals surface area contributed by atoms with Crippen molar-refractivity contribution in [2.45, 2.75) is 13.5 Å². The van der Waals surface area contributed by atoms with E-state index < -0.39 is 35.6 Å². The van der Waals surface area contributed by atoms with Gasteiger partial charge in [-0.15, -0.1) is 0 Å². The average Bonchev–Trinajstić information content (AvgIpc) is 2.97. The molecule has 0 saturated carbocycles. The molecule has 0 bridgehead atoms. The highest BCUT2D eigenvalue weighted by molar-refractivity contribution is 5.78. The van der Waals surface area contributed by atoms with Gasteiger partial charge in [0.25, 0.3) is 5.56 Å². The second-order valence-electron chi connectivity index (χ2n) is 5.96. The molecule has 0 N–H and O–H groups in total. The predicted octanol–water partition coefficient (Wildman–Crippen LogP) is -1.30. The molecule has 1 amide bonds. The zero-order chi connectivity index (χ0) is 18.9. The predicted molar refractivity (Wildman–Crippen MR) is 89.0 cm³/mol. The van der Waals surface area contributed by atoms with Crippen molar-refractivity contribution in [3.05, 3.63) is 27.2 Å². The third kappa shape index (κ3) is 3.32. The number of ether oxygens (including phenoxy) is 1. The molecule has 0 spiro atoms. The standard InChI is InChI=1S/C15H21N5O5/c1-9(14(23)25-5)6-17(2)10(21)7-20-13(22)11-12(16-8-18(11)3)19(4)15(20)24/h8-9H,6-7H2,1-5H3. The Hall–Kier alpha value is -2.91. The van der Waals surface area contributed by atoms with E-state index in [4.69, 9.17) is 0 Å². The Bertz CT molecular complexity index is 938. The SMILES string of the molecule is COC(=O)C(C)CN(C)C(=O)Cn1c(=O)c2c(ncn2C)n(C)c1=O. The molecule has 0 aliphatic rings. The molecule has 2 aromatic rings. The fraction of sp³-hybridized carbons (Fsp3) is 0.533. The van der Waals surface area contributed by atoms with Crippen LogP contribution in [0.5, 0.6) is 0 Å². The Morgan fingerprint density at radius 3 is 2.56 bits per heavy atom. The lowest BCUT2D eigenvalue weighted by atomic mass is 10.2. The van der Waals surface area contributed by atoms with E-state index in [9.17, 15) is 19.2 Å². The number of nitrogens with zero attached hydrogens (tertiary/aromatic N) is 5. The number of likely N-dealkylation sites (N-methyl/N-ethyl adjacent to an activating group) is 1. The largest absolute Gasteiger partial charge is 0.469 e. The Balaban J connectivity index is 2.33. The summed E-state index contributed by atoms with van der Waals surface area (Å²) in [6.07, 6.45) is 1.43. The quantitative estimate of drug-likeness (QED) is 0.620. The number of aryl methyl sites for hydroxylation is 2. The van der Waals surface area contributed by atoms with Crippen LogP contribution in [-0.4, -0.2) is 56.2 Å². The summed E-state index contributed by atoms with van der Waals surface area (Å²) in [5, 5.41) is 0. The Kier molecular flexibility index (Phi) is 5.10. The Morgan fingerprint density at radius 1 is 1.32 bits per heavy atom. The summed E-state index contributed by atoms with van der Waals surface area (Å²) >= 11 is 0. The molecule has 2 rings (SSSR count). The van der Waals surface area contributed by atoms with Crippen molar-refractivity contribution in [2.75, 3.05) is 20.7 Å². The number of hydrogen-bond donors (Lipinski definition) is 0. The van der Waals surface area contributed by atoms with E-state index >= 15 is 0 Å². The van der Waals surface area contributed by atoms with Crippen LogP contribution in [0.1, 0.15) is 6.92 Å². The summed E-state index contributed by atoms with van der Waals surface area (Å²) in [7, 11) is 5.89. The molecule has 1 atom stereocenters. The minimum absolute atomic E-state index is 0.120. The van der Waals surface area contributed by atoms with Crippen LogP contribution >= 0.6 is 0 Å². The van der Waals surface area contributed by atoms with Crippen molar-refractivity contribution < 1.29 is 14.3 Å². The van der Waals surface area contributed by atoms with Gasteiger partial charge in [0.15, 0.2) is 11.2 Å². The second kappa shape index (κ2) is 6.91. The van der Waals surface area contributed by atoms with Gasteiger partial charge in [-0.1, -0.05) is 6.92 Å². The smallest absolute Gasteiger partial charge is 0.332 e. The highest BCUT2D eigenvalue weighted by Crippen LogP contribution is 2.04. The van der Waals surface area contributed by atoms with Crippen molar-refractivity contribution >= 4 is 23.0 Å². The maximum absolute atomic E-state index is 12.6. The lowest BCUT2D eigenvalue weighted by Gasteiger charge is -2.20. The number of carbonyl (C=O) groups excluding carboxylic acids is 2. The van der Waals surface area contributed by atoms with Crippen LogP contribution in [0.4, 0.5) is 0 Å². The lowest BCUT2D eigenvalue weighted by molar-refractivity contribution is -0.146. The van der Waals surface area contributed by atoms with Gasteiger partial charge in [0.2, 0.25) is 5.91 Å². The van der Waals surface area contributed by atoms with E-state index in [1.54, 1.807) is 14.0 Å². The van der Waals surface area contributed by atoms with Crippen LogP contribution in [0.15, 0.2) is 15.9 Å². The molecular weight excluding hydrogens is 330 g/mol. The van der Waals surface area contributed by atoms with Gasteiger partial charge in [0, 0.05) is 27.7 Å². The van der Waals surface area contributed by atoms with Crippen molar-refractivity contribution in [1.82, 2.24) is 23.6 Å². The number of rotatable bonds is 5. The zero-order valence-corrected chi connectivity index (χ0v) is 14.8. The second-order valence-corrected chi connectivity index (χ2v) is 5.96. The first-order valence-corrected chi connectivity index (χ1v) is 7.61. The molecule has 10 nitrogen and oxygen atoms in total. The maximum Gasteiger partial charge on any atom is 0.332 e. The first-order chi connectivity index (χ1) is 11.7. The molecule has 0 aliphatic carbocycles. The van der Waals surface area contributed by atoms with Gasteiger partial charge in [-0.2, -0.15) is 0 Å². The molecule has 0 aromatic carbocycles. The molecule has 0 aliphatic heterocycles. The first kappa shape index (κ1) is 18.4. The molecule has 2 heterocycles. The molecule has 10 heteroatoms. The third-order valence-electron chi connectivity index (χ3n) is 4.07. The average molecular weight is 351 g/mol. The van der Waals surface area contributed by atoms with Gasteiger partial charge in [0.05, 0.1) is 19.4 Å². The van der Waals surface area contributed by atoms with Crippen LogP contribution in [0, 0.1) is 5.92 Å². The van der Waals surface area contributed by atoms with E-state index in [0.717, 1.165) is 4.57 Å². The minimum Gasteiger partial charge on any atom is -0.469 e. The number of fused-ring (bicyclic) bond motifs is 1. The van der Waals surface area contributed by atoms with Crippen molar-refractivity contribution in [3.8, 4) is 0 Å². The van der Waals surface area contributed by atoms with Crippen LogP contribution < -0.4 is 11.2 Å². The number of carbonyl (C=O) groups is 2.